The lowest BCUT2D eigenvalue weighted by molar-refractivity contribution is -0.191. The summed E-state index contributed by atoms with van der Waals surface area (Å²) in [7, 11) is 0. The first kappa shape index (κ1) is 16.3. The van der Waals surface area contributed by atoms with Gasteiger partial charge in [0.1, 0.15) is 5.69 Å². The highest BCUT2D eigenvalue weighted by Gasteiger charge is 2.02. The third-order valence-corrected chi connectivity index (χ3v) is 2.54. The molecule has 2 rings (SSSR count). The number of aryl methyl sites for hydroxylation is 1. The number of hydrogen-bond donors (Lipinski definition) is 0. The summed E-state index contributed by atoms with van der Waals surface area (Å²) in [5.41, 5.74) is 1.92. The Morgan fingerprint density at radius 1 is 1.10 bits per heavy atom. The average Bonchev–Trinajstić information content (AvgIpc) is 2.47. The molecule has 0 aliphatic heterocycles. The van der Waals surface area contributed by atoms with Gasteiger partial charge in [-0.2, -0.15) is 9.59 Å². The predicted octanol–water partition coefficient (Wildman–Crippen LogP) is 2.69. The summed E-state index contributed by atoms with van der Waals surface area (Å²) < 4.78 is 0. The van der Waals surface area contributed by atoms with E-state index in [1.165, 1.54) is 0 Å². The van der Waals surface area contributed by atoms with Crippen LogP contribution in [-0.4, -0.2) is 16.9 Å². The molecular weight excluding hydrogens is 290 g/mol. The smallest absolute Gasteiger partial charge is 0.277 e. The monoisotopic (exact) mass is 299 g/mol. The number of rotatable bonds is 1. The third kappa shape index (κ3) is 5.84. The molecule has 0 saturated heterocycles. The highest BCUT2D eigenvalue weighted by molar-refractivity contribution is 6.30. The molecule has 2 aromatic rings. The van der Waals surface area contributed by atoms with Gasteiger partial charge in [-0.05, 0) is 49.2 Å². The van der Waals surface area contributed by atoms with Crippen molar-refractivity contribution in [2.45, 2.75) is 6.92 Å². The van der Waals surface area contributed by atoms with Gasteiger partial charge in [-0.1, -0.05) is 23.6 Å². The Morgan fingerprint density at radius 3 is 2.29 bits per heavy atom. The van der Waals surface area contributed by atoms with Crippen LogP contribution in [0.2, 0.25) is 5.02 Å². The Kier molecular flexibility index (Phi) is 6.56. The van der Waals surface area contributed by atoms with Gasteiger partial charge in [0.05, 0.1) is 0 Å². The molecule has 0 radical (unpaired) electrons. The van der Waals surface area contributed by atoms with Crippen molar-refractivity contribution in [2.24, 2.45) is 0 Å². The molecule has 1 aromatic carbocycles. The average molecular weight is 300 g/mol. The number of Topliss-reactive ketones (excluding diaryl/α,β-unsaturated/α-hetero) is 1. The number of carbonyl (C=O) groups excluding carboxylic acids is 3. The Morgan fingerprint density at radius 2 is 1.71 bits per heavy atom. The maximum Gasteiger partial charge on any atom is 0.373 e. The molecule has 21 heavy (non-hydrogen) atoms. The van der Waals surface area contributed by atoms with Crippen LogP contribution in [-0.2, 0) is 9.59 Å². The van der Waals surface area contributed by atoms with Crippen molar-refractivity contribution in [1.29, 1.82) is 0 Å². The lowest BCUT2D eigenvalue weighted by Gasteiger charge is -1.94. The van der Waals surface area contributed by atoms with Crippen LogP contribution in [0.25, 0.3) is 0 Å². The Balaban J connectivity index is 0.000000677. The van der Waals surface area contributed by atoms with Crippen molar-refractivity contribution in [1.82, 2.24) is 4.98 Å². The quantitative estimate of drug-likeness (QED) is 0.600. The minimum atomic E-state index is -0.284. The zero-order valence-corrected chi connectivity index (χ0v) is 11.8. The molecule has 0 unspecified atom stereocenters. The van der Waals surface area contributed by atoms with E-state index in [0.29, 0.717) is 10.7 Å². The molecule has 0 atom stereocenters. The fraction of sp³-hybridized carbons (Fsp3) is 0.0625. The minimum Gasteiger partial charge on any atom is -0.277 e. The molecule has 0 aliphatic rings. The van der Waals surface area contributed by atoms with Crippen molar-refractivity contribution in [2.75, 3.05) is 0 Å². The first-order chi connectivity index (χ1) is 10.1. The first-order valence-corrected chi connectivity index (χ1v) is 6.19. The van der Waals surface area contributed by atoms with Gasteiger partial charge in [0, 0.05) is 16.3 Å². The molecule has 0 N–H and O–H groups in total. The van der Waals surface area contributed by atoms with Gasteiger partial charge in [-0.15, -0.1) is 0 Å². The Hall–Kier alpha value is -2.73. The van der Waals surface area contributed by atoms with Crippen LogP contribution >= 0.6 is 11.6 Å². The van der Waals surface area contributed by atoms with E-state index < -0.39 is 0 Å². The van der Waals surface area contributed by atoms with Gasteiger partial charge in [0.15, 0.2) is 0 Å². The standard InChI is InChI=1S/C15H10ClNO.CO2/c1-11-3-2-4-14(17-11)15(18)10-7-12-5-8-13(16)9-6-12;2-1-3/h2-6,8-9H,1H3;. The van der Waals surface area contributed by atoms with E-state index in [9.17, 15) is 4.79 Å². The van der Waals surface area contributed by atoms with Crippen LogP contribution in [0, 0.1) is 18.8 Å². The second kappa shape index (κ2) is 8.44. The van der Waals surface area contributed by atoms with Gasteiger partial charge < -0.3 is 0 Å². The normalized spacial score (nSPS) is 8.48. The topological polar surface area (TPSA) is 64.1 Å². The van der Waals surface area contributed by atoms with E-state index in [0.717, 1.165) is 11.3 Å². The summed E-state index contributed by atoms with van der Waals surface area (Å²) >= 11 is 5.76. The fourth-order valence-electron chi connectivity index (χ4n) is 1.40. The molecular formula is C16H10ClNO3. The number of pyridine rings is 1. The molecule has 0 fully saturated rings. The summed E-state index contributed by atoms with van der Waals surface area (Å²) in [6.07, 6.45) is 0.250. The summed E-state index contributed by atoms with van der Waals surface area (Å²) in [6.45, 7) is 1.84. The zero-order valence-electron chi connectivity index (χ0n) is 11.1. The highest BCUT2D eigenvalue weighted by Crippen LogP contribution is 2.08. The maximum atomic E-state index is 11.8. The predicted molar refractivity (Wildman–Crippen MR) is 76.6 cm³/mol. The molecule has 0 bridgehead atoms. The number of halogens is 1. The van der Waals surface area contributed by atoms with E-state index >= 15 is 0 Å². The van der Waals surface area contributed by atoms with Gasteiger partial charge >= 0.3 is 6.15 Å². The van der Waals surface area contributed by atoms with Crippen LogP contribution < -0.4 is 0 Å². The molecule has 4 nitrogen and oxygen atoms in total. The summed E-state index contributed by atoms with van der Waals surface area (Å²) in [5, 5.41) is 0.646. The molecule has 1 aromatic heterocycles. The van der Waals surface area contributed by atoms with Gasteiger partial charge in [-0.3, -0.25) is 4.79 Å². The van der Waals surface area contributed by atoms with Crippen molar-refractivity contribution in [3.8, 4) is 11.8 Å². The lowest BCUT2D eigenvalue weighted by Crippen LogP contribution is -1.99. The van der Waals surface area contributed by atoms with E-state index in [2.05, 4.69) is 16.8 Å². The molecule has 1 heterocycles. The number of aromatic nitrogens is 1. The van der Waals surface area contributed by atoms with Crippen LogP contribution in [0.3, 0.4) is 0 Å². The molecule has 0 aliphatic carbocycles. The van der Waals surface area contributed by atoms with Crippen LogP contribution in [0.4, 0.5) is 0 Å². The molecule has 0 amide bonds. The van der Waals surface area contributed by atoms with Gasteiger partial charge in [0.25, 0.3) is 5.78 Å². The number of nitrogens with zero attached hydrogens (tertiary/aromatic N) is 1. The van der Waals surface area contributed by atoms with E-state index in [1.54, 1.807) is 36.4 Å². The fourth-order valence-corrected chi connectivity index (χ4v) is 1.52. The maximum absolute atomic E-state index is 11.8. The van der Waals surface area contributed by atoms with E-state index in [1.807, 2.05) is 13.0 Å². The number of benzene rings is 1. The Labute approximate surface area is 126 Å². The SMILES string of the molecule is Cc1cccc(C(=O)C#Cc2ccc(Cl)cc2)n1.O=C=O. The molecule has 5 heteroatoms. The van der Waals surface area contributed by atoms with E-state index in [4.69, 9.17) is 21.2 Å². The molecule has 104 valence electrons. The lowest BCUT2D eigenvalue weighted by atomic mass is 10.2. The zero-order chi connectivity index (χ0) is 15.7. The van der Waals surface area contributed by atoms with Gasteiger partial charge in [-0.25, -0.2) is 4.98 Å². The summed E-state index contributed by atoms with van der Waals surface area (Å²) in [5.74, 6) is 5.08. The van der Waals surface area contributed by atoms with Crippen LogP contribution in [0.1, 0.15) is 21.7 Å². The number of ketones is 1. The van der Waals surface area contributed by atoms with Crippen LogP contribution in [0.15, 0.2) is 42.5 Å². The minimum absolute atomic E-state index is 0.250. The first-order valence-electron chi connectivity index (χ1n) is 5.81. The Bertz CT molecular complexity index is 721. The largest absolute Gasteiger partial charge is 0.373 e. The van der Waals surface area contributed by atoms with Crippen molar-refractivity contribution in [3.63, 3.8) is 0 Å². The van der Waals surface area contributed by atoms with Crippen LogP contribution in [0.5, 0.6) is 0 Å². The second-order valence-corrected chi connectivity index (χ2v) is 4.27. The second-order valence-electron chi connectivity index (χ2n) is 3.83. The summed E-state index contributed by atoms with van der Waals surface area (Å²) in [4.78, 5) is 32.2. The van der Waals surface area contributed by atoms with Crippen molar-refractivity contribution in [3.05, 3.63) is 64.4 Å². The molecule has 0 spiro atoms. The van der Waals surface area contributed by atoms with Crippen molar-refractivity contribution >= 4 is 23.5 Å². The van der Waals surface area contributed by atoms with Gasteiger partial charge in [0.2, 0.25) is 0 Å². The number of carbonyl (C=O) groups is 1. The van der Waals surface area contributed by atoms with E-state index in [-0.39, 0.29) is 11.9 Å². The molecule has 0 saturated carbocycles. The third-order valence-electron chi connectivity index (χ3n) is 2.29. The highest BCUT2D eigenvalue weighted by atomic mass is 35.5. The number of hydrogen-bond acceptors (Lipinski definition) is 4. The van der Waals surface area contributed by atoms with Crippen molar-refractivity contribution < 1.29 is 14.4 Å². The summed E-state index contributed by atoms with van der Waals surface area (Å²) in [6, 6.07) is 12.3.